The molecule has 19 heavy (non-hydrogen) atoms. The van der Waals surface area contributed by atoms with Crippen molar-refractivity contribution >= 4 is 21.8 Å². The van der Waals surface area contributed by atoms with Crippen molar-refractivity contribution in [3.63, 3.8) is 0 Å². The Morgan fingerprint density at radius 2 is 2.11 bits per heavy atom. The molecule has 4 heteroatoms. The molecule has 1 aromatic carbocycles. The Morgan fingerprint density at radius 1 is 1.37 bits per heavy atom. The number of benzene rings is 1. The molecule has 0 bridgehead atoms. The highest BCUT2D eigenvalue weighted by molar-refractivity contribution is 9.10. The van der Waals surface area contributed by atoms with Crippen molar-refractivity contribution in [3.8, 4) is 6.07 Å². The summed E-state index contributed by atoms with van der Waals surface area (Å²) in [5.41, 5.74) is 1.21. The summed E-state index contributed by atoms with van der Waals surface area (Å²) in [5, 5.41) is 11.3. The van der Waals surface area contributed by atoms with Crippen molar-refractivity contribution in [1.82, 2.24) is 5.32 Å². The van der Waals surface area contributed by atoms with Gasteiger partial charge in [0.2, 0.25) is 5.91 Å². The maximum Gasteiger partial charge on any atom is 0.224 e. The van der Waals surface area contributed by atoms with E-state index in [4.69, 9.17) is 5.26 Å². The highest BCUT2D eigenvalue weighted by atomic mass is 79.9. The van der Waals surface area contributed by atoms with E-state index in [1.54, 1.807) is 0 Å². The van der Waals surface area contributed by atoms with Gasteiger partial charge in [0.1, 0.15) is 6.54 Å². The van der Waals surface area contributed by atoms with E-state index in [1.165, 1.54) is 5.56 Å². The van der Waals surface area contributed by atoms with Crippen LogP contribution in [0.25, 0.3) is 0 Å². The van der Waals surface area contributed by atoms with Gasteiger partial charge in [-0.15, -0.1) is 0 Å². The monoisotopic (exact) mass is 320 g/mol. The lowest BCUT2D eigenvalue weighted by molar-refractivity contribution is -0.126. The highest BCUT2D eigenvalue weighted by Gasteiger charge is 2.32. The molecule has 0 aliphatic heterocycles. The van der Waals surface area contributed by atoms with E-state index in [0.717, 1.165) is 30.2 Å². The van der Waals surface area contributed by atoms with E-state index in [0.29, 0.717) is 0 Å². The number of amides is 1. The zero-order valence-electron chi connectivity index (χ0n) is 10.7. The third-order valence-corrected chi connectivity index (χ3v) is 4.47. The second-order valence-electron chi connectivity index (χ2n) is 4.89. The van der Waals surface area contributed by atoms with E-state index in [9.17, 15) is 4.79 Å². The summed E-state index contributed by atoms with van der Waals surface area (Å²) >= 11 is 3.58. The molecule has 1 aliphatic rings. The summed E-state index contributed by atoms with van der Waals surface area (Å²) in [6.45, 7) is 0.0953. The van der Waals surface area contributed by atoms with Gasteiger partial charge in [-0.05, 0) is 30.4 Å². The lowest BCUT2D eigenvalue weighted by Gasteiger charge is -2.31. The number of nitriles is 1. The molecule has 0 unspecified atom stereocenters. The first-order valence-corrected chi connectivity index (χ1v) is 7.42. The van der Waals surface area contributed by atoms with Crippen molar-refractivity contribution in [2.24, 2.45) is 5.92 Å². The van der Waals surface area contributed by atoms with Gasteiger partial charge in [0.25, 0.3) is 0 Å². The highest BCUT2D eigenvalue weighted by Crippen LogP contribution is 2.40. The van der Waals surface area contributed by atoms with Crippen LogP contribution in [0.4, 0.5) is 0 Å². The predicted molar refractivity (Wildman–Crippen MR) is 77.5 cm³/mol. The Balaban J connectivity index is 2.19. The number of hydrogen-bond donors (Lipinski definition) is 1. The van der Waals surface area contributed by atoms with Gasteiger partial charge in [-0.25, -0.2) is 0 Å². The molecule has 2 rings (SSSR count). The van der Waals surface area contributed by atoms with E-state index >= 15 is 0 Å². The van der Waals surface area contributed by atoms with Crippen LogP contribution in [0.5, 0.6) is 0 Å². The Bertz CT molecular complexity index is 495. The molecular weight excluding hydrogens is 304 g/mol. The minimum atomic E-state index is -0.0131. The molecule has 0 radical (unpaired) electrons. The molecule has 1 aromatic rings. The predicted octanol–water partition coefficient (Wildman–Crippen LogP) is 3.36. The van der Waals surface area contributed by atoms with E-state index in [1.807, 2.05) is 24.3 Å². The number of halogens is 1. The fourth-order valence-electron chi connectivity index (χ4n) is 2.85. The number of nitrogens with one attached hydrogen (secondary N) is 1. The number of nitrogens with zero attached hydrogens (tertiary/aromatic N) is 1. The molecular formula is C15H17BrN2O. The first kappa shape index (κ1) is 14.1. The number of carbonyl (C=O) groups is 1. The fourth-order valence-corrected chi connectivity index (χ4v) is 3.43. The number of carbonyl (C=O) groups excluding carboxylic acids is 1. The minimum absolute atomic E-state index is 0.0131. The summed E-state index contributed by atoms with van der Waals surface area (Å²) < 4.78 is 1.07. The third-order valence-electron chi connectivity index (χ3n) is 3.75. The van der Waals surface area contributed by atoms with Crippen molar-refractivity contribution in [3.05, 3.63) is 34.3 Å². The van der Waals surface area contributed by atoms with E-state index < -0.39 is 0 Å². The third kappa shape index (κ3) is 3.36. The molecule has 3 nitrogen and oxygen atoms in total. The molecule has 2 atom stereocenters. The van der Waals surface area contributed by atoms with Crippen LogP contribution < -0.4 is 5.32 Å². The van der Waals surface area contributed by atoms with Gasteiger partial charge in [-0.3, -0.25) is 4.79 Å². The number of hydrogen-bond acceptors (Lipinski definition) is 2. The van der Waals surface area contributed by atoms with Gasteiger partial charge in [0.05, 0.1) is 6.07 Å². The van der Waals surface area contributed by atoms with Crippen LogP contribution in [0.1, 0.15) is 37.2 Å². The molecule has 0 spiro atoms. The fraction of sp³-hybridized carbons (Fsp3) is 0.467. The summed E-state index contributed by atoms with van der Waals surface area (Å²) in [4.78, 5) is 12.2. The van der Waals surface area contributed by atoms with Gasteiger partial charge in [0.15, 0.2) is 0 Å². The lowest BCUT2D eigenvalue weighted by Crippen LogP contribution is -2.36. The largest absolute Gasteiger partial charge is 0.343 e. The normalized spacial score (nSPS) is 22.5. The zero-order chi connectivity index (χ0) is 13.7. The van der Waals surface area contributed by atoms with Crippen molar-refractivity contribution in [1.29, 1.82) is 5.26 Å². The molecule has 0 aromatic heterocycles. The molecule has 1 fully saturated rings. The van der Waals surface area contributed by atoms with Crippen LogP contribution in [-0.2, 0) is 4.79 Å². The maximum atomic E-state index is 12.2. The molecule has 100 valence electrons. The van der Waals surface area contributed by atoms with Crippen LogP contribution in [0, 0.1) is 17.2 Å². The zero-order valence-corrected chi connectivity index (χ0v) is 12.3. The Kier molecular flexibility index (Phi) is 4.98. The lowest BCUT2D eigenvalue weighted by atomic mass is 9.75. The Morgan fingerprint density at radius 3 is 2.84 bits per heavy atom. The van der Waals surface area contributed by atoms with Gasteiger partial charge in [0, 0.05) is 10.4 Å². The molecule has 0 saturated heterocycles. The van der Waals surface area contributed by atoms with Crippen LogP contribution in [0.15, 0.2) is 28.7 Å². The van der Waals surface area contributed by atoms with Crippen LogP contribution in [-0.4, -0.2) is 12.5 Å². The average molecular weight is 321 g/mol. The summed E-state index contributed by atoms with van der Waals surface area (Å²) in [6, 6.07) is 10.1. The van der Waals surface area contributed by atoms with Crippen molar-refractivity contribution < 1.29 is 4.79 Å². The standard InChI is InChI=1S/C15H17BrN2O/c16-14-8-4-3-6-12(14)11-5-1-2-7-13(11)15(19)18-10-9-17/h3-4,6,8,11,13H,1-2,5,7,10H2,(H,18,19)/t11-,13+/m0/s1. The second-order valence-corrected chi connectivity index (χ2v) is 5.75. The van der Waals surface area contributed by atoms with Crippen LogP contribution in [0.2, 0.25) is 0 Å². The summed E-state index contributed by atoms with van der Waals surface area (Å²) in [7, 11) is 0. The van der Waals surface area contributed by atoms with Crippen LogP contribution in [0.3, 0.4) is 0 Å². The molecule has 0 heterocycles. The first-order valence-electron chi connectivity index (χ1n) is 6.63. The van der Waals surface area contributed by atoms with Crippen LogP contribution >= 0.6 is 15.9 Å². The SMILES string of the molecule is N#CCNC(=O)[C@@H]1CCCC[C@H]1c1ccccc1Br. The maximum absolute atomic E-state index is 12.2. The molecule has 1 saturated carbocycles. The molecule has 1 amide bonds. The van der Waals surface area contributed by atoms with Gasteiger partial charge >= 0.3 is 0 Å². The molecule has 1 N–H and O–H groups in total. The summed E-state index contributed by atoms with van der Waals surface area (Å²) in [6.07, 6.45) is 4.19. The average Bonchev–Trinajstić information content (AvgIpc) is 2.45. The topological polar surface area (TPSA) is 52.9 Å². The summed E-state index contributed by atoms with van der Waals surface area (Å²) in [5.74, 6) is 0.255. The quantitative estimate of drug-likeness (QED) is 0.868. The van der Waals surface area contributed by atoms with Gasteiger partial charge in [-0.1, -0.05) is 47.0 Å². The Hall–Kier alpha value is -1.34. The van der Waals surface area contributed by atoms with E-state index in [2.05, 4.69) is 27.3 Å². The Labute approximate surface area is 122 Å². The van der Waals surface area contributed by atoms with Crippen molar-refractivity contribution in [2.45, 2.75) is 31.6 Å². The van der Waals surface area contributed by atoms with E-state index in [-0.39, 0.29) is 24.3 Å². The smallest absolute Gasteiger partial charge is 0.224 e. The number of rotatable bonds is 3. The van der Waals surface area contributed by atoms with Crippen molar-refractivity contribution in [2.75, 3.05) is 6.54 Å². The van der Waals surface area contributed by atoms with Gasteiger partial charge < -0.3 is 5.32 Å². The molecule has 1 aliphatic carbocycles. The first-order chi connectivity index (χ1) is 9.24. The second kappa shape index (κ2) is 6.72. The minimum Gasteiger partial charge on any atom is -0.343 e. The van der Waals surface area contributed by atoms with Gasteiger partial charge in [-0.2, -0.15) is 5.26 Å².